The average Bonchev–Trinajstić information content (AvgIpc) is 2.17. The highest BCUT2D eigenvalue weighted by Crippen LogP contribution is 2.20. The number of aromatic nitrogens is 1. The van der Waals surface area contributed by atoms with Gasteiger partial charge in [-0.05, 0) is 44.5 Å². The Morgan fingerprint density at radius 1 is 0.800 bits per heavy atom. The first-order valence-corrected chi connectivity index (χ1v) is 5.16. The SMILES string of the molecule is Cc1ccc(-c2cc(C)cc(C)c2)nc1. The smallest absolute Gasteiger partial charge is 0.0702 e. The topological polar surface area (TPSA) is 12.9 Å². The van der Waals surface area contributed by atoms with Gasteiger partial charge in [0.15, 0.2) is 0 Å². The van der Waals surface area contributed by atoms with E-state index in [-0.39, 0.29) is 0 Å². The maximum Gasteiger partial charge on any atom is 0.0702 e. The van der Waals surface area contributed by atoms with Crippen molar-refractivity contribution in [1.29, 1.82) is 0 Å². The van der Waals surface area contributed by atoms with E-state index in [1.807, 2.05) is 6.20 Å². The molecule has 0 N–H and O–H groups in total. The van der Waals surface area contributed by atoms with Crippen LogP contribution < -0.4 is 0 Å². The molecule has 0 unspecified atom stereocenters. The number of benzene rings is 1. The highest BCUT2D eigenvalue weighted by atomic mass is 14.7. The number of hydrogen-bond acceptors (Lipinski definition) is 1. The van der Waals surface area contributed by atoms with Crippen LogP contribution in [0.15, 0.2) is 36.5 Å². The zero-order valence-electron chi connectivity index (χ0n) is 9.41. The minimum atomic E-state index is 1.05. The van der Waals surface area contributed by atoms with E-state index in [4.69, 9.17) is 0 Å². The van der Waals surface area contributed by atoms with Crippen LogP contribution in [0.5, 0.6) is 0 Å². The fourth-order valence-corrected chi connectivity index (χ4v) is 1.76. The second-order valence-electron chi connectivity index (χ2n) is 4.10. The minimum absolute atomic E-state index is 1.05. The largest absolute Gasteiger partial charge is 0.256 e. The van der Waals surface area contributed by atoms with Crippen molar-refractivity contribution in [2.24, 2.45) is 0 Å². The quantitative estimate of drug-likeness (QED) is 0.679. The Kier molecular flexibility index (Phi) is 2.55. The first-order chi connectivity index (χ1) is 7.15. The summed E-state index contributed by atoms with van der Waals surface area (Å²) in [7, 11) is 0. The minimum Gasteiger partial charge on any atom is -0.256 e. The van der Waals surface area contributed by atoms with Gasteiger partial charge in [0, 0.05) is 11.8 Å². The molecular weight excluding hydrogens is 182 g/mol. The molecule has 1 aromatic carbocycles. The Balaban J connectivity index is 2.49. The van der Waals surface area contributed by atoms with Gasteiger partial charge in [-0.15, -0.1) is 0 Å². The van der Waals surface area contributed by atoms with Crippen LogP contribution in [0.1, 0.15) is 16.7 Å². The van der Waals surface area contributed by atoms with Gasteiger partial charge in [-0.2, -0.15) is 0 Å². The molecule has 1 heteroatoms. The van der Waals surface area contributed by atoms with Crippen molar-refractivity contribution >= 4 is 0 Å². The van der Waals surface area contributed by atoms with Crippen molar-refractivity contribution in [3.05, 3.63) is 53.2 Å². The molecule has 1 heterocycles. The van der Waals surface area contributed by atoms with Gasteiger partial charge in [0.25, 0.3) is 0 Å². The Labute approximate surface area is 90.8 Å². The number of hydrogen-bond donors (Lipinski definition) is 0. The molecule has 2 rings (SSSR count). The molecule has 15 heavy (non-hydrogen) atoms. The van der Waals surface area contributed by atoms with Crippen molar-refractivity contribution < 1.29 is 0 Å². The van der Waals surface area contributed by atoms with Gasteiger partial charge in [-0.1, -0.05) is 23.3 Å². The molecule has 0 aliphatic carbocycles. The zero-order chi connectivity index (χ0) is 10.8. The molecule has 0 amide bonds. The molecule has 1 aromatic heterocycles. The molecule has 0 saturated carbocycles. The van der Waals surface area contributed by atoms with Gasteiger partial charge in [0.1, 0.15) is 0 Å². The van der Waals surface area contributed by atoms with Gasteiger partial charge in [-0.25, -0.2) is 0 Å². The van der Waals surface area contributed by atoms with Gasteiger partial charge < -0.3 is 0 Å². The maximum atomic E-state index is 4.43. The predicted octanol–water partition coefficient (Wildman–Crippen LogP) is 3.67. The monoisotopic (exact) mass is 197 g/mol. The Morgan fingerprint density at radius 3 is 2.00 bits per heavy atom. The van der Waals surface area contributed by atoms with Crippen LogP contribution in [0.25, 0.3) is 11.3 Å². The second kappa shape index (κ2) is 3.85. The van der Waals surface area contributed by atoms with E-state index in [2.05, 4.69) is 56.1 Å². The average molecular weight is 197 g/mol. The molecule has 0 aliphatic heterocycles. The lowest BCUT2D eigenvalue weighted by atomic mass is 10.0. The van der Waals surface area contributed by atoms with Gasteiger partial charge in [-0.3, -0.25) is 4.98 Å². The predicted molar refractivity (Wildman–Crippen MR) is 63.9 cm³/mol. The van der Waals surface area contributed by atoms with Crippen LogP contribution in [0.4, 0.5) is 0 Å². The fraction of sp³-hybridized carbons (Fsp3) is 0.214. The lowest BCUT2D eigenvalue weighted by Gasteiger charge is -2.04. The van der Waals surface area contributed by atoms with Crippen LogP contribution in [-0.4, -0.2) is 4.98 Å². The molecule has 0 bridgehead atoms. The highest BCUT2D eigenvalue weighted by molar-refractivity contribution is 5.61. The molecule has 76 valence electrons. The number of aryl methyl sites for hydroxylation is 3. The van der Waals surface area contributed by atoms with Crippen LogP contribution in [0.3, 0.4) is 0 Å². The van der Waals surface area contributed by atoms with E-state index in [0.29, 0.717) is 0 Å². The summed E-state index contributed by atoms with van der Waals surface area (Å²) < 4.78 is 0. The highest BCUT2D eigenvalue weighted by Gasteiger charge is 2.00. The van der Waals surface area contributed by atoms with Gasteiger partial charge in [0.05, 0.1) is 5.69 Å². The van der Waals surface area contributed by atoms with Crippen molar-refractivity contribution in [2.75, 3.05) is 0 Å². The first-order valence-electron chi connectivity index (χ1n) is 5.16. The van der Waals surface area contributed by atoms with E-state index in [1.165, 1.54) is 22.3 Å². The maximum absolute atomic E-state index is 4.43. The Hall–Kier alpha value is -1.63. The number of pyridine rings is 1. The summed E-state index contributed by atoms with van der Waals surface area (Å²) in [4.78, 5) is 4.43. The van der Waals surface area contributed by atoms with E-state index >= 15 is 0 Å². The molecule has 1 nitrogen and oxygen atoms in total. The summed E-state index contributed by atoms with van der Waals surface area (Å²) in [5.41, 5.74) is 6.02. The van der Waals surface area contributed by atoms with E-state index in [1.54, 1.807) is 0 Å². The third kappa shape index (κ3) is 2.24. The number of rotatable bonds is 1. The van der Waals surface area contributed by atoms with Crippen LogP contribution in [-0.2, 0) is 0 Å². The standard InChI is InChI=1S/C14H15N/c1-10-4-5-14(15-9-10)13-7-11(2)6-12(3)8-13/h4-9H,1-3H3. The van der Waals surface area contributed by atoms with E-state index < -0.39 is 0 Å². The fourth-order valence-electron chi connectivity index (χ4n) is 1.76. The molecule has 2 aromatic rings. The molecule has 0 saturated heterocycles. The van der Waals surface area contributed by atoms with Crippen molar-refractivity contribution in [1.82, 2.24) is 4.98 Å². The zero-order valence-corrected chi connectivity index (χ0v) is 9.41. The van der Waals surface area contributed by atoms with Crippen molar-refractivity contribution in [3.8, 4) is 11.3 Å². The summed E-state index contributed by atoms with van der Waals surface area (Å²) in [6, 6.07) is 10.7. The van der Waals surface area contributed by atoms with Crippen LogP contribution in [0, 0.1) is 20.8 Å². The molecule has 0 spiro atoms. The van der Waals surface area contributed by atoms with Gasteiger partial charge >= 0.3 is 0 Å². The molecule has 0 atom stereocenters. The van der Waals surface area contributed by atoms with Crippen LogP contribution >= 0.6 is 0 Å². The Bertz CT molecular complexity index is 449. The summed E-state index contributed by atoms with van der Waals surface area (Å²) in [6.45, 7) is 6.29. The summed E-state index contributed by atoms with van der Waals surface area (Å²) in [5, 5.41) is 0. The Morgan fingerprint density at radius 2 is 1.47 bits per heavy atom. The third-order valence-corrected chi connectivity index (χ3v) is 2.43. The second-order valence-corrected chi connectivity index (χ2v) is 4.10. The van der Waals surface area contributed by atoms with Crippen molar-refractivity contribution in [3.63, 3.8) is 0 Å². The molecule has 0 radical (unpaired) electrons. The molecular formula is C14H15N. The number of nitrogens with zero attached hydrogens (tertiary/aromatic N) is 1. The van der Waals surface area contributed by atoms with E-state index in [0.717, 1.165) is 5.69 Å². The molecule has 0 fully saturated rings. The lowest BCUT2D eigenvalue weighted by Crippen LogP contribution is -1.86. The van der Waals surface area contributed by atoms with Crippen LogP contribution in [0.2, 0.25) is 0 Å². The molecule has 0 aliphatic rings. The van der Waals surface area contributed by atoms with E-state index in [9.17, 15) is 0 Å². The summed E-state index contributed by atoms with van der Waals surface area (Å²) in [6.07, 6.45) is 1.91. The van der Waals surface area contributed by atoms with Crippen molar-refractivity contribution in [2.45, 2.75) is 20.8 Å². The summed E-state index contributed by atoms with van der Waals surface area (Å²) in [5.74, 6) is 0. The van der Waals surface area contributed by atoms with Gasteiger partial charge in [0.2, 0.25) is 0 Å². The first kappa shape index (κ1) is 9.91. The third-order valence-electron chi connectivity index (χ3n) is 2.43. The summed E-state index contributed by atoms with van der Waals surface area (Å²) >= 11 is 0. The normalized spacial score (nSPS) is 10.3. The lowest BCUT2D eigenvalue weighted by molar-refractivity contribution is 1.26.